The second-order valence-electron chi connectivity index (χ2n) is 4.72. The Hall–Kier alpha value is -1.26. The van der Waals surface area contributed by atoms with Crippen LogP contribution in [-0.4, -0.2) is 13.1 Å². The summed E-state index contributed by atoms with van der Waals surface area (Å²) in [5, 5.41) is 0. The van der Waals surface area contributed by atoms with E-state index in [1.54, 1.807) is 24.3 Å². The molecular weight excluding hydrogens is 236 g/mol. The Morgan fingerprint density at radius 2 is 0.789 bits per heavy atom. The van der Waals surface area contributed by atoms with Gasteiger partial charge in [-0.05, 0) is 50.2 Å². The average Bonchev–Trinajstić information content (AvgIpc) is 2.42. The van der Waals surface area contributed by atoms with Crippen molar-refractivity contribution >= 4 is 11.4 Å². The summed E-state index contributed by atoms with van der Waals surface area (Å²) in [6.45, 7) is 1.70. The molecule has 0 radical (unpaired) electrons. The molecule has 0 saturated heterocycles. The minimum Gasteiger partial charge on any atom is -0.399 e. The van der Waals surface area contributed by atoms with E-state index < -0.39 is 0 Å². The Morgan fingerprint density at radius 1 is 0.526 bits per heavy atom. The first kappa shape index (κ1) is 17.7. The average molecular weight is 266 g/mol. The molecule has 0 spiro atoms. The van der Waals surface area contributed by atoms with Gasteiger partial charge in [0.05, 0.1) is 0 Å². The minimum absolute atomic E-state index is 0.749. The molecule has 0 fully saturated rings. The van der Waals surface area contributed by atoms with Gasteiger partial charge in [-0.1, -0.05) is 32.1 Å². The van der Waals surface area contributed by atoms with Crippen LogP contribution in [-0.2, 0) is 0 Å². The molecule has 8 N–H and O–H groups in total. The Bertz CT molecular complexity index is 256. The maximum absolute atomic E-state index is 5.37. The molecule has 0 heterocycles. The van der Waals surface area contributed by atoms with Gasteiger partial charge in [-0.2, -0.15) is 0 Å². The molecule has 0 amide bonds. The van der Waals surface area contributed by atoms with Crippen LogP contribution in [0.25, 0.3) is 0 Å². The summed E-state index contributed by atoms with van der Waals surface area (Å²) in [6.07, 6.45) is 9.05. The van der Waals surface area contributed by atoms with E-state index in [9.17, 15) is 0 Å². The highest BCUT2D eigenvalue weighted by atomic mass is 14.6. The molecule has 4 nitrogen and oxygen atoms in total. The summed E-state index contributed by atoms with van der Waals surface area (Å²) in [6, 6.07) is 7.09. The van der Waals surface area contributed by atoms with Crippen LogP contribution >= 0.6 is 0 Å². The van der Waals surface area contributed by atoms with Crippen LogP contribution in [0.15, 0.2) is 24.3 Å². The van der Waals surface area contributed by atoms with Crippen LogP contribution < -0.4 is 22.9 Å². The summed E-state index contributed by atoms with van der Waals surface area (Å²) in [5.41, 5.74) is 23.0. The number of rotatable bonds is 8. The van der Waals surface area contributed by atoms with Crippen molar-refractivity contribution in [3.8, 4) is 0 Å². The molecule has 0 aliphatic rings. The second-order valence-corrected chi connectivity index (χ2v) is 4.72. The molecule has 0 aliphatic carbocycles. The van der Waals surface area contributed by atoms with Gasteiger partial charge in [-0.3, -0.25) is 0 Å². The Labute approximate surface area is 117 Å². The molecule has 0 aromatic heterocycles. The van der Waals surface area contributed by atoms with Gasteiger partial charge in [0.25, 0.3) is 0 Å². The van der Waals surface area contributed by atoms with Gasteiger partial charge in [0, 0.05) is 11.4 Å². The van der Waals surface area contributed by atoms with Gasteiger partial charge >= 0.3 is 0 Å². The van der Waals surface area contributed by atoms with Crippen molar-refractivity contribution in [1.29, 1.82) is 0 Å². The van der Waals surface area contributed by atoms with Crippen molar-refractivity contribution in [1.82, 2.24) is 0 Å². The van der Waals surface area contributed by atoms with E-state index in [1.165, 1.54) is 44.9 Å². The summed E-state index contributed by atoms with van der Waals surface area (Å²) < 4.78 is 0. The summed E-state index contributed by atoms with van der Waals surface area (Å²) in [5.74, 6) is 0. The van der Waals surface area contributed by atoms with Gasteiger partial charge in [0.1, 0.15) is 0 Å². The van der Waals surface area contributed by atoms with Crippen molar-refractivity contribution in [2.75, 3.05) is 24.6 Å². The predicted molar refractivity (Wildman–Crippen MR) is 85.7 cm³/mol. The Kier molecular flexibility index (Phi) is 12.3. The molecule has 1 rings (SSSR count). The van der Waals surface area contributed by atoms with Gasteiger partial charge in [-0.15, -0.1) is 0 Å². The van der Waals surface area contributed by atoms with Crippen molar-refractivity contribution in [3.05, 3.63) is 24.3 Å². The third-order valence-electron chi connectivity index (χ3n) is 2.84. The first-order chi connectivity index (χ1) is 9.20. The quantitative estimate of drug-likeness (QED) is 0.428. The lowest BCUT2D eigenvalue weighted by Gasteiger charge is -1.99. The minimum atomic E-state index is 0.749. The fraction of sp³-hybridized carbons (Fsp3) is 0.600. The topological polar surface area (TPSA) is 104 Å². The Morgan fingerprint density at radius 3 is 1.05 bits per heavy atom. The van der Waals surface area contributed by atoms with Crippen molar-refractivity contribution in [3.63, 3.8) is 0 Å². The van der Waals surface area contributed by atoms with Gasteiger partial charge < -0.3 is 22.9 Å². The highest BCUT2D eigenvalue weighted by Gasteiger charge is 1.89. The van der Waals surface area contributed by atoms with Gasteiger partial charge in [-0.25, -0.2) is 0 Å². The molecule has 0 bridgehead atoms. The predicted octanol–water partition coefficient (Wildman–Crippen LogP) is 2.49. The van der Waals surface area contributed by atoms with Crippen LogP contribution in [0.2, 0.25) is 0 Å². The highest BCUT2D eigenvalue weighted by Crippen LogP contribution is 2.06. The van der Waals surface area contributed by atoms with E-state index in [2.05, 4.69) is 0 Å². The van der Waals surface area contributed by atoms with E-state index in [0.717, 1.165) is 24.5 Å². The summed E-state index contributed by atoms with van der Waals surface area (Å²) in [7, 11) is 0. The zero-order valence-corrected chi connectivity index (χ0v) is 12.0. The number of nitrogen functional groups attached to an aromatic ring is 2. The molecule has 0 unspecified atom stereocenters. The highest BCUT2D eigenvalue weighted by molar-refractivity contribution is 5.47. The molecular formula is C15H30N4. The SMILES string of the molecule is NCCCCCCCCCN.Nc1ccc(N)cc1. The number of benzene rings is 1. The number of nitrogens with two attached hydrogens (primary N) is 4. The van der Waals surface area contributed by atoms with Crippen molar-refractivity contribution in [2.24, 2.45) is 11.5 Å². The lowest BCUT2D eigenvalue weighted by atomic mass is 10.1. The maximum Gasteiger partial charge on any atom is 0.0315 e. The van der Waals surface area contributed by atoms with Crippen LogP contribution in [0.4, 0.5) is 11.4 Å². The van der Waals surface area contributed by atoms with Crippen LogP contribution in [0.5, 0.6) is 0 Å². The molecule has 4 heteroatoms. The number of hydrogen-bond donors (Lipinski definition) is 4. The van der Waals surface area contributed by atoms with Crippen molar-refractivity contribution in [2.45, 2.75) is 44.9 Å². The third-order valence-corrected chi connectivity index (χ3v) is 2.84. The smallest absolute Gasteiger partial charge is 0.0315 e. The standard InChI is InChI=1S/C9H22N2.C6H8N2/c10-8-6-4-2-1-3-5-7-9-11;7-5-1-2-6(8)4-3-5/h1-11H2;1-4H,7-8H2. The maximum atomic E-state index is 5.37. The molecule has 19 heavy (non-hydrogen) atoms. The van der Waals surface area contributed by atoms with Crippen molar-refractivity contribution < 1.29 is 0 Å². The summed E-state index contributed by atoms with van der Waals surface area (Å²) >= 11 is 0. The molecule has 0 aliphatic heterocycles. The zero-order valence-electron chi connectivity index (χ0n) is 12.0. The lowest BCUT2D eigenvalue weighted by Crippen LogP contribution is -1.98. The number of anilines is 2. The monoisotopic (exact) mass is 266 g/mol. The normalized spacial score (nSPS) is 9.79. The number of unbranched alkanes of at least 4 members (excludes halogenated alkanes) is 6. The molecule has 1 aromatic carbocycles. The summed E-state index contributed by atoms with van der Waals surface area (Å²) in [4.78, 5) is 0. The fourth-order valence-corrected chi connectivity index (χ4v) is 1.67. The number of hydrogen-bond acceptors (Lipinski definition) is 4. The van der Waals surface area contributed by atoms with Crippen LogP contribution in [0, 0.1) is 0 Å². The largest absolute Gasteiger partial charge is 0.399 e. The van der Waals surface area contributed by atoms with E-state index in [1.807, 2.05) is 0 Å². The fourth-order valence-electron chi connectivity index (χ4n) is 1.67. The third kappa shape index (κ3) is 13.0. The lowest BCUT2D eigenvalue weighted by molar-refractivity contribution is 0.585. The van der Waals surface area contributed by atoms with Crippen LogP contribution in [0.3, 0.4) is 0 Å². The first-order valence-corrected chi connectivity index (χ1v) is 7.22. The molecule has 1 aromatic rings. The molecule has 110 valence electrons. The van der Waals surface area contributed by atoms with Gasteiger partial charge in [0.15, 0.2) is 0 Å². The second kappa shape index (κ2) is 13.2. The van der Waals surface area contributed by atoms with E-state index in [0.29, 0.717) is 0 Å². The van der Waals surface area contributed by atoms with Gasteiger partial charge in [0.2, 0.25) is 0 Å². The van der Waals surface area contributed by atoms with E-state index in [-0.39, 0.29) is 0 Å². The van der Waals surface area contributed by atoms with E-state index in [4.69, 9.17) is 22.9 Å². The zero-order chi connectivity index (χ0) is 14.3. The first-order valence-electron chi connectivity index (χ1n) is 7.22. The van der Waals surface area contributed by atoms with E-state index >= 15 is 0 Å². The molecule has 0 atom stereocenters. The molecule has 0 saturated carbocycles. The van der Waals surface area contributed by atoms with Crippen LogP contribution in [0.1, 0.15) is 44.9 Å². The Balaban J connectivity index is 0.000000356.